The van der Waals surface area contributed by atoms with Crippen molar-refractivity contribution in [2.24, 2.45) is 0 Å². The van der Waals surface area contributed by atoms with E-state index in [1.54, 1.807) is 0 Å². The lowest BCUT2D eigenvalue weighted by Crippen LogP contribution is -1.97. The monoisotopic (exact) mass is 358 g/mol. The van der Waals surface area contributed by atoms with Crippen molar-refractivity contribution in [2.45, 2.75) is 0 Å². The Labute approximate surface area is 96.3 Å². The number of rotatable bonds is 1. The third kappa shape index (κ3) is 2.25. The summed E-state index contributed by atoms with van der Waals surface area (Å²) in [4.78, 5) is 11.0. The van der Waals surface area contributed by atoms with E-state index in [9.17, 15) is 15.0 Å². The van der Waals surface area contributed by atoms with Crippen molar-refractivity contribution < 1.29 is 18.1 Å². The van der Waals surface area contributed by atoms with Gasteiger partial charge in [0.05, 0.1) is 5.56 Å². The van der Waals surface area contributed by atoms with Crippen LogP contribution >= 0.6 is 38.9 Å². The van der Waals surface area contributed by atoms with E-state index in [1.165, 1.54) is 35.1 Å². The summed E-state index contributed by atoms with van der Waals surface area (Å²) in [5.74, 6) is -1.05. The molecule has 0 fully saturated rings. The normalized spacial score (nSPS) is 9.69. The summed E-state index contributed by atoms with van der Waals surface area (Å²) in [6, 6.07) is 2.40. The van der Waals surface area contributed by atoms with Gasteiger partial charge in [0.25, 0.3) is 0 Å². The van der Waals surface area contributed by atoms with Gasteiger partial charge in [-0.05, 0) is 28.1 Å². The highest BCUT2D eigenvalue weighted by Gasteiger charge is 2.12. The van der Waals surface area contributed by atoms with Gasteiger partial charge in [0.15, 0.2) is 23.0 Å². The van der Waals surface area contributed by atoms with Crippen LogP contribution in [0, 0.1) is 0 Å². The number of carbonyl (C=O) groups is 1. The zero-order valence-electron chi connectivity index (χ0n) is 6.12. The molecule has 1 aromatic carbocycles. The van der Waals surface area contributed by atoms with Crippen LogP contribution in [0.3, 0.4) is 0 Å². The minimum atomic E-state index is -0.626. The second-order valence-electron chi connectivity index (χ2n) is 2.19. The smallest absolute Gasteiger partial charge is 0.347 e. The number of phenolic OH excluding ortho intramolecular Hbond substituents is 2. The number of hydrogen-bond acceptors (Lipinski definition) is 4. The lowest BCUT2D eigenvalue weighted by Gasteiger charge is -2.02. The molecule has 1 rings (SSSR count). The lowest BCUT2D eigenvalue weighted by atomic mass is 10.2. The van der Waals surface area contributed by atoms with Gasteiger partial charge >= 0.3 is 5.97 Å². The van der Waals surface area contributed by atoms with Gasteiger partial charge in [-0.15, -0.1) is 0 Å². The predicted octanol–water partition coefficient (Wildman–Crippen LogP) is 2.37. The number of carbonyl (C=O) groups excluding carboxylic acids is 1. The van der Waals surface area contributed by atoms with Crippen molar-refractivity contribution in [2.75, 3.05) is 0 Å². The van der Waals surface area contributed by atoms with E-state index in [2.05, 4.69) is 19.0 Å². The molecular weight excluding hydrogens is 355 g/mol. The van der Waals surface area contributed by atoms with Crippen molar-refractivity contribution in [3.63, 3.8) is 0 Å². The number of phenols is 2. The van der Waals surface area contributed by atoms with Crippen LogP contribution in [-0.4, -0.2) is 16.2 Å². The minimum absolute atomic E-state index is 0.0904. The number of halogens is 2. The van der Waals surface area contributed by atoms with E-state index in [0.29, 0.717) is 0 Å². The molecule has 0 aliphatic carbocycles. The summed E-state index contributed by atoms with van der Waals surface area (Å²) in [6.45, 7) is 0. The first-order valence-corrected chi connectivity index (χ1v) is 4.78. The summed E-state index contributed by atoms with van der Waals surface area (Å²) in [6.07, 6.45) is 0. The van der Waals surface area contributed by atoms with Crippen LogP contribution in [0.1, 0.15) is 10.4 Å². The van der Waals surface area contributed by atoms with Crippen LogP contribution in [0.15, 0.2) is 16.6 Å². The van der Waals surface area contributed by atoms with Crippen molar-refractivity contribution in [3.05, 3.63) is 22.2 Å². The highest BCUT2D eigenvalue weighted by Crippen LogP contribution is 2.34. The Bertz CT molecular complexity index is 329. The first-order valence-electron chi connectivity index (χ1n) is 3.10. The van der Waals surface area contributed by atoms with Crippen LogP contribution in [-0.2, 0) is 3.07 Å². The molecule has 0 spiro atoms. The second-order valence-corrected chi connectivity index (χ2v) is 3.43. The fraction of sp³-hybridized carbons (Fsp3) is 0. The summed E-state index contributed by atoms with van der Waals surface area (Å²) in [5.41, 5.74) is 0.0904. The van der Waals surface area contributed by atoms with Crippen LogP contribution < -0.4 is 0 Å². The predicted molar refractivity (Wildman–Crippen MR) is 56.9 cm³/mol. The molecule has 0 saturated heterocycles. The molecule has 0 aliphatic heterocycles. The Hall–Kier alpha value is -0.500. The lowest BCUT2D eigenvalue weighted by molar-refractivity contribution is 0.0799. The summed E-state index contributed by atoms with van der Waals surface area (Å²) < 4.78 is 4.53. The summed E-state index contributed by atoms with van der Waals surface area (Å²) in [5, 5.41) is 18.4. The summed E-state index contributed by atoms with van der Waals surface area (Å²) in [7, 11) is 0. The molecule has 2 N–H and O–H groups in total. The molecule has 13 heavy (non-hydrogen) atoms. The largest absolute Gasteiger partial charge is 0.507 e. The fourth-order valence-electron chi connectivity index (χ4n) is 0.757. The van der Waals surface area contributed by atoms with E-state index in [0.717, 1.165) is 0 Å². The Morgan fingerprint density at radius 3 is 2.23 bits per heavy atom. The van der Waals surface area contributed by atoms with E-state index < -0.39 is 5.97 Å². The average molecular weight is 359 g/mol. The zero-order valence-corrected chi connectivity index (χ0v) is 9.87. The summed E-state index contributed by atoms with van der Waals surface area (Å²) >= 11 is 4.35. The van der Waals surface area contributed by atoms with Crippen molar-refractivity contribution >= 4 is 44.9 Å². The quantitative estimate of drug-likeness (QED) is 0.756. The van der Waals surface area contributed by atoms with Gasteiger partial charge in [0.2, 0.25) is 0 Å². The Morgan fingerprint density at radius 2 is 1.85 bits per heavy atom. The van der Waals surface area contributed by atoms with Crippen molar-refractivity contribution in [1.29, 1.82) is 0 Å². The average Bonchev–Trinajstić information content (AvgIpc) is 2.12. The number of aromatic hydroxyl groups is 2. The van der Waals surface area contributed by atoms with Gasteiger partial charge in [0.1, 0.15) is 16.0 Å². The molecule has 0 atom stereocenters. The maximum atomic E-state index is 11.0. The van der Waals surface area contributed by atoms with E-state index >= 15 is 0 Å². The number of hydrogen-bond donors (Lipinski definition) is 2. The standard InChI is InChI=1S/C7H4BrIO4/c8-6-4(10)1-3(2-5(6)11)7(12)13-9/h1-2,10-11H. The molecule has 0 saturated carbocycles. The molecular formula is C7H4BrIO4. The fourth-order valence-corrected chi connectivity index (χ4v) is 1.24. The first-order chi connectivity index (χ1) is 6.06. The van der Waals surface area contributed by atoms with Crippen LogP contribution in [0.4, 0.5) is 0 Å². The molecule has 70 valence electrons. The molecule has 0 unspecified atom stereocenters. The molecule has 0 heterocycles. The van der Waals surface area contributed by atoms with Crippen molar-refractivity contribution in [3.8, 4) is 11.5 Å². The first kappa shape index (κ1) is 10.6. The third-order valence-corrected chi connectivity index (χ3v) is 2.55. The van der Waals surface area contributed by atoms with E-state index in [1.807, 2.05) is 0 Å². The molecule has 0 bridgehead atoms. The third-order valence-electron chi connectivity index (χ3n) is 1.34. The Kier molecular flexibility index (Phi) is 3.37. The molecule has 0 amide bonds. The van der Waals surface area contributed by atoms with Crippen LogP contribution in [0.2, 0.25) is 0 Å². The minimum Gasteiger partial charge on any atom is -0.507 e. The van der Waals surface area contributed by atoms with Crippen molar-refractivity contribution in [1.82, 2.24) is 0 Å². The van der Waals surface area contributed by atoms with E-state index in [-0.39, 0.29) is 21.5 Å². The Morgan fingerprint density at radius 1 is 1.38 bits per heavy atom. The van der Waals surface area contributed by atoms with Crippen LogP contribution in [0.5, 0.6) is 11.5 Å². The molecule has 0 radical (unpaired) electrons. The van der Waals surface area contributed by atoms with Gasteiger partial charge in [-0.2, -0.15) is 0 Å². The maximum Gasteiger partial charge on any atom is 0.347 e. The SMILES string of the molecule is O=C(OI)c1cc(O)c(Br)c(O)c1. The molecule has 0 aliphatic rings. The highest BCUT2D eigenvalue weighted by atomic mass is 127. The molecule has 6 heteroatoms. The van der Waals surface area contributed by atoms with Gasteiger partial charge in [-0.1, -0.05) is 0 Å². The topological polar surface area (TPSA) is 66.8 Å². The van der Waals surface area contributed by atoms with Crippen LogP contribution in [0.25, 0.3) is 0 Å². The highest BCUT2D eigenvalue weighted by molar-refractivity contribution is 14.1. The van der Waals surface area contributed by atoms with Gasteiger partial charge in [0, 0.05) is 0 Å². The van der Waals surface area contributed by atoms with Gasteiger partial charge < -0.3 is 13.3 Å². The zero-order chi connectivity index (χ0) is 10.0. The molecule has 1 aromatic rings. The molecule has 4 nitrogen and oxygen atoms in total. The molecule has 0 aromatic heterocycles. The van der Waals surface area contributed by atoms with Gasteiger partial charge in [-0.3, -0.25) is 0 Å². The second kappa shape index (κ2) is 4.14. The Balaban J connectivity index is 3.20. The van der Waals surface area contributed by atoms with Gasteiger partial charge in [-0.25, -0.2) is 4.79 Å². The number of benzene rings is 1. The van der Waals surface area contributed by atoms with E-state index in [4.69, 9.17) is 0 Å². The maximum absolute atomic E-state index is 11.0.